The zero-order valence-electron chi connectivity index (χ0n) is 18.4. The first kappa shape index (κ1) is 20.4. The van der Waals surface area contributed by atoms with Gasteiger partial charge in [-0.3, -0.25) is 4.98 Å². The number of aromatic nitrogens is 5. The smallest absolute Gasteiger partial charge is 0.227 e. The number of nitrogens with one attached hydrogen (secondary N) is 2. The van der Waals surface area contributed by atoms with Crippen molar-refractivity contribution in [3.8, 4) is 10.6 Å². The third-order valence-electron chi connectivity index (χ3n) is 6.12. The maximum atomic E-state index is 10.3. The Labute approximate surface area is 195 Å². The molecule has 0 spiro atoms. The predicted molar refractivity (Wildman–Crippen MR) is 129 cm³/mol. The lowest BCUT2D eigenvalue weighted by atomic mass is 10.0. The summed E-state index contributed by atoms with van der Waals surface area (Å²) in [5.74, 6) is 2.15. The Balaban J connectivity index is 1.25. The van der Waals surface area contributed by atoms with Crippen LogP contribution < -0.4 is 15.5 Å². The van der Waals surface area contributed by atoms with E-state index in [2.05, 4.69) is 30.5 Å². The van der Waals surface area contributed by atoms with Gasteiger partial charge < -0.3 is 20.6 Å². The fraction of sp³-hybridized carbons (Fsp3) is 0.348. The lowest BCUT2D eigenvalue weighted by molar-refractivity contribution is 0.0739. The summed E-state index contributed by atoms with van der Waals surface area (Å²) in [4.78, 5) is 25.1. The molecule has 0 amide bonds. The van der Waals surface area contributed by atoms with E-state index in [0.717, 1.165) is 46.2 Å². The van der Waals surface area contributed by atoms with Gasteiger partial charge in [0.15, 0.2) is 0 Å². The second-order valence-corrected chi connectivity index (χ2v) is 10.1. The van der Waals surface area contributed by atoms with Crippen molar-refractivity contribution in [3.05, 3.63) is 48.5 Å². The Kier molecular flexibility index (Phi) is 4.75. The van der Waals surface area contributed by atoms with Crippen molar-refractivity contribution >= 4 is 39.1 Å². The molecule has 0 saturated carbocycles. The second kappa shape index (κ2) is 7.68. The highest BCUT2D eigenvalue weighted by Gasteiger charge is 2.38. The average molecular weight is 461 g/mol. The molecule has 0 radical (unpaired) electrons. The van der Waals surface area contributed by atoms with E-state index < -0.39 is 5.60 Å². The summed E-state index contributed by atoms with van der Waals surface area (Å²) in [7, 11) is 0. The van der Waals surface area contributed by atoms with E-state index in [1.165, 1.54) is 0 Å². The summed E-state index contributed by atoms with van der Waals surface area (Å²) < 4.78 is 0.987. The molecule has 4 aromatic rings. The zero-order valence-corrected chi connectivity index (χ0v) is 19.2. The predicted octanol–water partition coefficient (Wildman–Crippen LogP) is 3.06. The number of aliphatic hydroxyl groups is 1. The SMILES string of the molecule is CC(C)(O)c1cc(-c2nc3cc(Nc4ccnc(N5C[C@@H]6C[C@H]5CN6)n4)ncc3s2)ccn1. The van der Waals surface area contributed by atoms with E-state index in [1.54, 1.807) is 37.6 Å². The maximum Gasteiger partial charge on any atom is 0.227 e. The van der Waals surface area contributed by atoms with Crippen LogP contribution in [0.2, 0.25) is 0 Å². The molecule has 3 N–H and O–H groups in total. The van der Waals surface area contributed by atoms with Crippen molar-refractivity contribution in [1.29, 1.82) is 0 Å². The Morgan fingerprint density at radius 3 is 2.79 bits per heavy atom. The van der Waals surface area contributed by atoms with Crippen LogP contribution >= 0.6 is 11.3 Å². The van der Waals surface area contributed by atoms with Crippen LogP contribution in [0.5, 0.6) is 0 Å². The van der Waals surface area contributed by atoms with Gasteiger partial charge in [0.05, 0.1) is 15.9 Å². The first-order valence-corrected chi connectivity index (χ1v) is 11.8. The van der Waals surface area contributed by atoms with Crippen LogP contribution in [-0.2, 0) is 5.60 Å². The molecule has 2 fully saturated rings. The summed E-state index contributed by atoms with van der Waals surface area (Å²) in [5.41, 5.74) is 1.38. The highest BCUT2D eigenvalue weighted by atomic mass is 32.1. The number of hydrogen-bond donors (Lipinski definition) is 3. The number of rotatable bonds is 5. The number of hydrogen-bond acceptors (Lipinski definition) is 10. The quantitative estimate of drug-likeness (QED) is 0.414. The highest BCUT2D eigenvalue weighted by molar-refractivity contribution is 7.21. The fourth-order valence-electron chi connectivity index (χ4n) is 4.42. The molecule has 6 heterocycles. The van der Waals surface area contributed by atoms with Crippen LogP contribution in [0.1, 0.15) is 26.0 Å². The Hall–Kier alpha value is -3.21. The minimum atomic E-state index is -1.01. The molecule has 10 heteroatoms. The molecular weight excluding hydrogens is 436 g/mol. The summed E-state index contributed by atoms with van der Waals surface area (Å²) >= 11 is 1.56. The third kappa shape index (κ3) is 3.90. The third-order valence-corrected chi connectivity index (χ3v) is 7.18. The first-order chi connectivity index (χ1) is 15.9. The number of nitrogens with zero attached hydrogens (tertiary/aromatic N) is 6. The topological polar surface area (TPSA) is 112 Å². The van der Waals surface area contributed by atoms with Crippen LogP contribution in [-0.4, -0.2) is 55.2 Å². The molecule has 0 unspecified atom stereocenters. The van der Waals surface area contributed by atoms with Crippen molar-refractivity contribution < 1.29 is 5.11 Å². The highest BCUT2D eigenvalue weighted by Crippen LogP contribution is 2.33. The van der Waals surface area contributed by atoms with Crippen molar-refractivity contribution in [2.75, 3.05) is 23.3 Å². The lowest BCUT2D eigenvalue weighted by Crippen LogP contribution is -2.44. The van der Waals surface area contributed by atoms with Crippen LogP contribution in [0.15, 0.2) is 42.9 Å². The van der Waals surface area contributed by atoms with Crippen LogP contribution in [0, 0.1) is 0 Å². The van der Waals surface area contributed by atoms with E-state index in [4.69, 9.17) is 9.97 Å². The van der Waals surface area contributed by atoms with Gasteiger partial charge in [-0.15, -0.1) is 11.3 Å². The molecule has 6 rings (SSSR count). The minimum Gasteiger partial charge on any atom is -0.384 e. The Morgan fingerprint density at radius 2 is 2.00 bits per heavy atom. The molecule has 2 aliphatic heterocycles. The maximum absolute atomic E-state index is 10.3. The van der Waals surface area contributed by atoms with E-state index in [0.29, 0.717) is 29.4 Å². The normalized spacial score (nSPS) is 20.0. The number of piperazine rings is 1. The van der Waals surface area contributed by atoms with Crippen molar-refractivity contribution in [2.24, 2.45) is 0 Å². The molecule has 2 saturated heterocycles. The summed E-state index contributed by atoms with van der Waals surface area (Å²) in [6.45, 7) is 5.39. The standard InChI is InChI=1S/C23H24N8OS/c1-23(2,32)18-7-13(3-5-24-18)21-28-16-9-20(27-11-17(16)33-21)29-19-4-6-25-22(30-19)31-12-14-8-15(31)10-26-14/h3-7,9,11,14-15,26,32H,8,10,12H2,1-2H3,(H,25,27,29,30)/t14-,15-/m0/s1. The number of fused-ring (bicyclic) bond motifs is 3. The van der Waals surface area contributed by atoms with Crippen molar-refractivity contribution in [3.63, 3.8) is 0 Å². The van der Waals surface area contributed by atoms with Crippen molar-refractivity contribution in [2.45, 2.75) is 38.0 Å². The van der Waals surface area contributed by atoms with E-state index in [9.17, 15) is 5.11 Å². The summed E-state index contributed by atoms with van der Waals surface area (Å²) in [5, 5.41) is 17.9. The van der Waals surface area contributed by atoms with E-state index >= 15 is 0 Å². The van der Waals surface area contributed by atoms with Gasteiger partial charge in [0.25, 0.3) is 0 Å². The van der Waals surface area contributed by atoms with Gasteiger partial charge in [-0.2, -0.15) is 4.98 Å². The molecule has 33 heavy (non-hydrogen) atoms. The summed E-state index contributed by atoms with van der Waals surface area (Å²) in [6, 6.07) is 8.58. The molecule has 0 aliphatic carbocycles. The largest absolute Gasteiger partial charge is 0.384 e. The molecule has 2 atom stereocenters. The fourth-order valence-corrected chi connectivity index (χ4v) is 5.33. The lowest BCUT2D eigenvalue weighted by Gasteiger charge is -2.27. The van der Waals surface area contributed by atoms with Crippen molar-refractivity contribution in [1.82, 2.24) is 30.2 Å². The molecule has 168 valence electrons. The van der Waals surface area contributed by atoms with Gasteiger partial charge in [-0.05, 0) is 38.5 Å². The van der Waals surface area contributed by atoms with Gasteiger partial charge in [0.2, 0.25) is 5.95 Å². The molecule has 0 aromatic carbocycles. The van der Waals surface area contributed by atoms with Gasteiger partial charge in [0.1, 0.15) is 22.2 Å². The number of pyridine rings is 2. The Bertz CT molecular complexity index is 1330. The second-order valence-electron chi connectivity index (χ2n) is 9.06. The van der Waals surface area contributed by atoms with Crippen LogP contribution in [0.25, 0.3) is 20.8 Å². The van der Waals surface area contributed by atoms with E-state index in [-0.39, 0.29) is 0 Å². The first-order valence-electron chi connectivity index (χ1n) is 11.0. The monoisotopic (exact) mass is 460 g/mol. The molecule has 2 bridgehead atoms. The zero-order chi connectivity index (χ0) is 22.6. The summed E-state index contributed by atoms with van der Waals surface area (Å²) in [6.07, 6.45) is 6.46. The van der Waals surface area contributed by atoms with Gasteiger partial charge >= 0.3 is 0 Å². The number of thiazole rings is 1. The van der Waals surface area contributed by atoms with Gasteiger partial charge in [-0.25, -0.2) is 15.0 Å². The van der Waals surface area contributed by atoms with Gasteiger partial charge in [-0.1, -0.05) is 0 Å². The number of anilines is 3. The Morgan fingerprint density at radius 1 is 1.12 bits per heavy atom. The molecule has 9 nitrogen and oxygen atoms in total. The molecular formula is C23H24N8OS. The molecule has 2 aliphatic rings. The van der Waals surface area contributed by atoms with Crippen LogP contribution in [0.4, 0.5) is 17.6 Å². The molecule has 4 aromatic heterocycles. The minimum absolute atomic E-state index is 0.471. The van der Waals surface area contributed by atoms with E-state index in [1.807, 2.05) is 30.5 Å². The van der Waals surface area contributed by atoms with Gasteiger partial charge in [0, 0.05) is 55.4 Å². The van der Waals surface area contributed by atoms with Crippen LogP contribution in [0.3, 0.4) is 0 Å². The average Bonchev–Trinajstić information content (AvgIpc) is 3.54.